The van der Waals surface area contributed by atoms with Gasteiger partial charge in [0.25, 0.3) is 11.8 Å². The van der Waals surface area contributed by atoms with E-state index in [1.807, 2.05) is 11.8 Å². The summed E-state index contributed by atoms with van der Waals surface area (Å²) in [6.45, 7) is 6.90. The summed E-state index contributed by atoms with van der Waals surface area (Å²) in [5.41, 5.74) is 0. The second-order valence-corrected chi connectivity index (χ2v) is 13.0. The molecule has 18 heteroatoms. The van der Waals surface area contributed by atoms with Gasteiger partial charge in [0, 0.05) is 55.6 Å². The zero-order valence-electron chi connectivity index (χ0n) is 29.4. The molecule has 3 aliphatic heterocycles. The van der Waals surface area contributed by atoms with Gasteiger partial charge in [-0.05, 0) is 12.8 Å². The molecule has 0 aromatic rings. The summed E-state index contributed by atoms with van der Waals surface area (Å²) in [5.74, 6) is -0.0711. The number of thioether (sulfide) groups is 1. The number of carbonyl (C=O) groups is 5. The molecule has 0 saturated carbocycles. The lowest BCUT2D eigenvalue weighted by molar-refractivity contribution is -0.137. The maximum Gasteiger partial charge on any atom is 0.315 e. The molecule has 0 unspecified atom stereocenters. The number of urea groups is 1. The highest BCUT2D eigenvalue weighted by Crippen LogP contribution is 2.33. The molecule has 3 aliphatic rings. The van der Waals surface area contributed by atoms with Crippen LogP contribution in [0.1, 0.15) is 32.1 Å². The van der Waals surface area contributed by atoms with Crippen LogP contribution in [-0.2, 0) is 52.3 Å². The lowest BCUT2D eigenvalue weighted by Gasteiger charge is -2.16. The molecule has 0 aromatic heterocycles. The van der Waals surface area contributed by atoms with Crippen molar-refractivity contribution in [3.8, 4) is 0 Å². The van der Waals surface area contributed by atoms with Gasteiger partial charge in [-0.25, -0.2) is 4.79 Å². The van der Waals surface area contributed by atoms with E-state index >= 15 is 0 Å². The average molecular weight is 746 g/mol. The van der Waals surface area contributed by atoms with Gasteiger partial charge < -0.3 is 54.4 Å². The van der Waals surface area contributed by atoms with E-state index < -0.39 is 11.8 Å². The van der Waals surface area contributed by atoms with Crippen molar-refractivity contribution in [2.45, 2.75) is 49.4 Å². The fourth-order valence-electron chi connectivity index (χ4n) is 5.26. The van der Waals surface area contributed by atoms with Gasteiger partial charge >= 0.3 is 6.03 Å². The van der Waals surface area contributed by atoms with Crippen LogP contribution in [0.4, 0.5) is 4.79 Å². The van der Waals surface area contributed by atoms with Crippen LogP contribution in [0.3, 0.4) is 0 Å². The van der Waals surface area contributed by atoms with Gasteiger partial charge in [-0.15, -0.1) is 0 Å². The summed E-state index contributed by atoms with van der Waals surface area (Å²) in [6.07, 6.45) is 5.73. The second kappa shape index (κ2) is 26.9. The molecule has 51 heavy (non-hydrogen) atoms. The summed E-state index contributed by atoms with van der Waals surface area (Å²) in [5, 5.41) is 11.9. The van der Waals surface area contributed by atoms with Gasteiger partial charge in [0.05, 0.1) is 105 Å². The Labute approximate surface area is 303 Å². The van der Waals surface area contributed by atoms with E-state index in [0.717, 1.165) is 29.9 Å². The normalized spacial score (nSPS) is 19.4. The first-order valence-corrected chi connectivity index (χ1v) is 18.8. The van der Waals surface area contributed by atoms with E-state index in [4.69, 9.17) is 33.2 Å². The van der Waals surface area contributed by atoms with Crippen molar-refractivity contribution in [2.75, 3.05) is 118 Å². The average Bonchev–Trinajstić information content (AvgIpc) is 3.78. The van der Waals surface area contributed by atoms with Gasteiger partial charge in [0.1, 0.15) is 0 Å². The minimum absolute atomic E-state index is 0.0326. The monoisotopic (exact) mass is 745 g/mol. The summed E-state index contributed by atoms with van der Waals surface area (Å²) < 4.78 is 38.2. The predicted octanol–water partition coefficient (Wildman–Crippen LogP) is -0.624. The first-order valence-electron chi connectivity index (χ1n) is 17.7. The maximum atomic E-state index is 12.0. The fourth-order valence-corrected chi connectivity index (χ4v) is 6.81. The Morgan fingerprint density at radius 3 is 1.59 bits per heavy atom. The maximum absolute atomic E-state index is 12.0. The van der Waals surface area contributed by atoms with E-state index in [-0.39, 0.29) is 42.9 Å². The zero-order chi connectivity index (χ0) is 36.4. The highest BCUT2D eigenvalue weighted by Gasteiger charge is 2.42. The van der Waals surface area contributed by atoms with Crippen LogP contribution in [0.25, 0.3) is 0 Å². The van der Waals surface area contributed by atoms with E-state index in [1.165, 1.54) is 12.2 Å². The molecule has 2 saturated heterocycles. The third kappa shape index (κ3) is 19.0. The highest BCUT2D eigenvalue weighted by atomic mass is 32.2. The Bertz CT molecular complexity index is 1070. The van der Waals surface area contributed by atoms with Crippen molar-refractivity contribution in [1.29, 1.82) is 0 Å². The standard InChI is InChI=1S/C33H55N5O12S/c39-28(4-2-1-3-27-32-26(25-51-27)36-33(43)37-32)34-8-11-44-13-15-46-17-19-48-21-23-50-24-22-49-20-18-47-16-14-45-12-9-35-29(40)7-10-38-30(41)5-6-31(38)42/h5-6,26-27,32H,1-4,7-25H2,(H,34,39)(H,35,40)(H2,36,37,43)/t26-,27-,32-/m0/s1. The van der Waals surface area contributed by atoms with E-state index in [9.17, 15) is 24.0 Å². The smallest absolute Gasteiger partial charge is 0.315 e. The molecule has 17 nitrogen and oxygen atoms in total. The molecule has 4 N–H and O–H groups in total. The van der Waals surface area contributed by atoms with Crippen LogP contribution in [-0.4, -0.2) is 170 Å². The number of imide groups is 1. The molecule has 3 heterocycles. The van der Waals surface area contributed by atoms with Crippen LogP contribution < -0.4 is 21.3 Å². The van der Waals surface area contributed by atoms with E-state index in [2.05, 4.69) is 21.3 Å². The molecule has 0 radical (unpaired) electrons. The number of nitrogens with one attached hydrogen (secondary N) is 4. The first kappa shape index (κ1) is 42.6. The molecule has 0 spiro atoms. The van der Waals surface area contributed by atoms with Crippen molar-refractivity contribution in [3.05, 3.63) is 12.2 Å². The van der Waals surface area contributed by atoms with Crippen molar-refractivity contribution in [3.63, 3.8) is 0 Å². The third-order valence-corrected chi connectivity index (χ3v) is 9.42. The topological polar surface area (TPSA) is 201 Å². The molecule has 6 amide bonds. The minimum Gasteiger partial charge on any atom is -0.377 e. The SMILES string of the molecule is O=C(CCCC[C@@H]1SC[C@@H]2NC(=O)N[C@@H]21)NCCOCCOCCOCCOCCOCCOCCOCCNC(=O)CCN1C(=O)C=CC1=O. The van der Waals surface area contributed by atoms with Gasteiger partial charge in [-0.3, -0.25) is 24.1 Å². The lowest BCUT2D eigenvalue weighted by atomic mass is 10.0. The summed E-state index contributed by atoms with van der Waals surface area (Å²) in [4.78, 5) is 59.2. The Balaban J connectivity index is 0.928. The second-order valence-electron chi connectivity index (χ2n) is 11.8. The largest absolute Gasteiger partial charge is 0.377 e. The Kier molecular flexibility index (Phi) is 22.4. The highest BCUT2D eigenvalue weighted by molar-refractivity contribution is 8.00. The minimum atomic E-state index is -0.400. The number of hydrogen-bond acceptors (Lipinski definition) is 13. The van der Waals surface area contributed by atoms with Crippen molar-refractivity contribution >= 4 is 41.4 Å². The van der Waals surface area contributed by atoms with Gasteiger partial charge in [0.2, 0.25) is 11.8 Å². The molecule has 0 bridgehead atoms. The number of rotatable bonds is 32. The molecule has 3 atom stereocenters. The van der Waals surface area contributed by atoms with E-state index in [0.29, 0.717) is 117 Å². The van der Waals surface area contributed by atoms with Crippen molar-refractivity contribution in [2.24, 2.45) is 0 Å². The van der Waals surface area contributed by atoms with Gasteiger partial charge in [-0.2, -0.15) is 11.8 Å². The molecule has 0 aromatic carbocycles. The van der Waals surface area contributed by atoms with Crippen LogP contribution in [0.15, 0.2) is 12.2 Å². The van der Waals surface area contributed by atoms with Gasteiger partial charge in [0.15, 0.2) is 0 Å². The van der Waals surface area contributed by atoms with Crippen molar-refractivity contribution in [1.82, 2.24) is 26.2 Å². The molecular weight excluding hydrogens is 690 g/mol. The summed E-state index contributed by atoms with van der Waals surface area (Å²) in [7, 11) is 0. The zero-order valence-corrected chi connectivity index (χ0v) is 30.2. The summed E-state index contributed by atoms with van der Waals surface area (Å²) in [6, 6.07) is 0.386. The lowest BCUT2D eigenvalue weighted by Crippen LogP contribution is -2.36. The number of ether oxygens (including phenoxy) is 7. The predicted molar refractivity (Wildman–Crippen MR) is 186 cm³/mol. The summed E-state index contributed by atoms with van der Waals surface area (Å²) >= 11 is 1.89. The molecule has 290 valence electrons. The molecular formula is C33H55N5O12S. The molecule has 2 fully saturated rings. The first-order chi connectivity index (χ1) is 24.9. The quantitative estimate of drug-likeness (QED) is 0.0386. The van der Waals surface area contributed by atoms with Crippen molar-refractivity contribution < 1.29 is 57.1 Å². The number of hydrogen-bond donors (Lipinski definition) is 4. The van der Waals surface area contributed by atoms with Gasteiger partial charge in [-0.1, -0.05) is 6.42 Å². The van der Waals surface area contributed by atoms with E-state index in [1.54, 1.807) is 0 Å². The number of fused-ring (bicyclic) bond motifs is 1. The number of amides is 6. The fraction of sp³-hybridized carbons (Fsp3) is 0.788. The number of carbonyl (C=O) groups excluding carboxylic acids is 5. The number of nitrogens with zero attached hydrogens (tertiary/aromatic N) is 1. The molecule has 0 aliphatic carbocycles. The number of unbranched alkanes of at least 4 members (excludes halogenated alkanes) is 1. The molecule has 3 rings (SSSR count). The Morgan fingerprint density at radius 1 is 0.647 bits per heavy atom. The van der Waals surface area contributed by atoms with Crippen LogP contribution in [0.2, 0.25) is 0 Å². The Morgan fingerprint density at radius 2 is 1.10 bits per heavy atom. The third-order valence-electron chi connectivity index (χ3n) is 7.91. The van der Waals surface area contributed by atoms with Crippen LogP contribution in [0, 0.1) is 0 Å². The Hall–Kier alpha value is -2.84. The van der Waals surface area contributed by atoms with Crippen LogP contribution >= 0.6 is 11.8 Å². The van der Waals surface area contributed by atoms with Crippen LogP contribution in [0.5, 0.6) is 0 Å².